The Morgan fingerprint density at radius 2 is 2.13 bits per heavy atom. The van der Waals surface area contributed by atoms with Gasteiger partial charge in [-0.15, -0.1) is 22.7 Å². The minimum atomic E-state index is 0.104. The molecule has 0 bridgehead atoms. The molecule has 0 aliphatic heterocycles. The normalized spacial score (nSPS) is 13.0. The number of nitrogens with two attached hydrogens (primary N) is 1. The molecule has 1 unspecified atom stereocenters. The average molecular weight is 367 g/mol. The number of halogens is 2. The van der Waals surface area contributed by atoms with Crippen molar-refractivity contribution >= 4 is 54.5 Å². The highest BCUT2D eigenvalue weighted by Crippen LogP contribution is 2.29. The summed E-state index contributed by atoms with van der Waals surface area (Å²) in [5.74, 6) is 0. The molecule has 0 amide bonds. The van der Waals surface area contributed by atoms with Crippen LogP contribution in [0.2, 0.25) is 0 Å². The predicted molar refractivity (Wildman–Crippen MR) is 74.7 cm³/mol. The van der Waals surface area contributed by atoms with E-state index in [4.69, 9.17) is 5.73 Å². The molecule has 0 aliphatic rings. The van der Waals surface area contributed by atoms with Crippen molar-refractivity contribution in [1.29, 1.82) is 0 Å². The minimum absolute atomic E-state index is 0.104. The van der Waals surface area contributed by atoms with Gasteiger partial charge in [0.05, 0.1) is 3.79 Å². The van der Waals surface area contributed by atoms with Crippen molar-refractivity contribution in [3.63, 3.8) is 0 Å². The minimum Gasteiger partial charge on any atom is -0.323 e. The van der Waals surface area contributed by atoms with Crippen LogP contribution >= 0.6 is 54.5 Å². The second kappa shape index (κ2) is 5.10. The lowest BCUT2D eigenvalue weighted by atomic mass is 10.1. The van der Waals surface area contributed by atoms with Crippen molar-refractivity contribution in [3.05, 3.63) is 41.6 Å². The standard InChI is InChI=1S/C10H9Br2NS2/c11-6-3-9(14-5-6)8(13)4-7-1-2-10(12)15-7/h1-3,5,8H,4,13H2. The largest absolute Gasteiger partial charge is 0.323 e. The van der Waals surface area contributed by atoms with Gasteiger partial charge in [-0.05, 0) is 50.1 Å². The van der Waals surface area contributed by atoms with Gasteiger partial charge in [0.25, 0.3) is 0 Å². The summed E-state index contributed by atoms with van der Waals surface area (Å²) in [6.07, 6.45) is 0.906. The number of hydrogen-bond donors (Lipinski definition) is 1. The van der Waals surface area contributed by atoms with E-state index >= 15 is 0 Å². The molecule has 0 spiro atoms. The Morgan fingerprint density at radius 3 is 2.67 bits per heavy atom. The van der Waals surface area contributed by atoms with E-state index in [1.807, 2.05) is 0 Å². The van der Waals surface area contributed by atoms with E-state index in [0.717, 1.165) is 14.7 Å². The van der Waals surface area contributed by atoms with Gasteiger partial charge in [-0.3, -0.25) is 0 Å². The lowest BCUT2D eigenvalue weighted by Crippen LogP contribution is -2.10. The van der Waals surface area contributed by atoms with Crippen LogP contribution in [0, 0.1) is 0 Å². The maximum absolute atomic E-state index is 6.13. The Bertz CT molecular complexity index is 450. The van der Waals surface area contributed by atoms with E-state index in [-0.39, 0.29) is 6.04 Å². The average Bonchev–Trinajstić information content (AvgIpc) is 2.75. The SMILES string of the molecule is NC(Cc1ccc(Br)s1)c1cc(Br)cs1. The number of rotatable bonds is 3. The van der Waals surface area contributed by atoms with Crippen LogP contribution in [-0.2, 0) is 6.42 Å². The number of thiophene rings is 2. The molecule has 5 heteroatoms. The predicted octanol–water partition coefficient (Wildman–Crippen LogP) is 4.58. The third-order valence-electron chi connectivity index (χ3n) is 2.00. The fourth-order valence-corrected chi connectivity index (χ4v) is 4.29. The maximum atomic E-state index is 6.13. The molecule has 2 aromatic heterocycles. The molecule has 2 heterocycles. The second-order valence-electron chi connectivity index (χ2n) is 3.18. The highest BCUT2D eigenvalue weighted by molar-refractivity contribution is 9.11. The molecule has 1 atom stereocenters. The maximum Gasteiger partial charge on any atom is 0.0701 e. The first-order valence-electron chi connectivity index (χ1n) is 4.39. The van der Waals surface area contributed by atoms with Crippen molar-refractivity contribution in [2.75, 3.05) is 0 Å². The van der Waals surface area contributed by atoms with E-state index in [2.05, 4.69) is 55.4 Å². The summed E-state index contributed by atoms with van der Waals surface area (Å²) in [6, 6.07) is 6.39. The molecular weight excluding hydrogens is 358 g/mol. The van der Waals surface area contributed by atoms with E-state index < -0.39 is 0 Å². The zero-order valence-corrected chi connectivity index (χ0v) is 12.5. The van der Waals surface area contributed by atoms with Gasteiger partial charge in [-0.25, -0.2) is 0 Å². The van der Waals surface area contributed by atoms with E-state index in [1.54, 1.807) is 22.7 Å². The summed E-state index contributed by atoms with van der Waals surface area (Å²) in [5.41, 5.74) is 6.13. The Hall–Kier alpha value is 0.320. The highest BCUT2D eigenvalue weighted by atomic mass is 79.9. The van der Waals surface area contributed by atoms with Gasteiger partial charge in [0.15, 0.2) is 0 Å². The Kier molecular flexibility index (Phi) is 4.01. The highest BCUT2D eigenvalue weighted by Gasteiger charge is 2.10. The van der Waals surface area contributed by atoms with Crippen molar-refractivity contribution in [3.8, 4) is 0 Å². The smallest absolute Gasteiger partial charge is 0.0701 e. The van der Waals surface area contributed by atoms with E-state index in [1.165, 1.54) is 9.75 Å². The lowest BCUT2D eigenvalue weighted by molar-refractivity contribution is 0.745. The molecule has 2 aromatic rings. The summed E-state index contributed by atoms with van der Waals surface area (Å²) >= 11 is 10.3. The lowest BCUT2D eigenvalue weighted by Gasteiger charge is -2.06. The third-order valence-corrected chi connectivity index (χ3v) is 5.47. The monoisotopic (exact) mass is 365 g/mol. The third kappa shape index (κ3) is 3.14. The molecule has 0 fully saturated rings. The van der Waals surface area contributed by atoms with Crippen LogP contribution in [0.25, 0.3) is 0 Å². The molecular formula is C10H9Br2NS2. The summed E-state index contributed by atoms with van der Waals surface area (Å²) < 4.78 is 2.28. The van der Waals surface area contributed by atoms with Crippen molar-refractivity contribution < 1.29 is 0 Å². The molecule has 15 heavy (non-hydrogen) atoms. The van der Waals surface area contributed by atoms with Gasteiger partial charge in [-0.2, -0.15) is 0 Å². The molecule has 0 radical (unpaired) electrons. The number of hydrogen-bond acceptors (Lipinski definition) is 3. The summed E-state index contributed by atoms with van der Waals surface area (Å²) in [7, 11) is 0. The first-order valence-corrected chi connectivity index (χ1v) is 7.67. The molecule has 0 saturated carbocycles. The molecule has 0 saturated heterocycles. The van der Waals surface area contributed by atoms with Crippen LogP contribution in [0.1, 0.15) is 15.8 Å². The zero-order valence-electron chi connectivity index (χ0n) is 7.74. The molecule has 0 aliphatic carbocycles. The summed E-state index contributed by atoms with van der Waals surface area (Å²) in [4.78, 5) is 2.55. The molecule has 1 nitrogen and oxygen atoms in total. The Labute approximate surface area is 114 Å². The van der Waals surface area contributed by atoms with E-state index in [9.17, 15) is 0 Å². The first kappa shape index (κ1) is 11.8. The molecule has 2 N–H and O–H groups in total. The van der Waals surface area contributed by atoms with Crippen LogP contribution in [-0.4, -0.2) is 0 Å². The van der Waals surface area contributed by atoms with Gasteiger partial charge < -0.3 is 5.73 Å². The Morgan fingerprint density at radius 1 is 1.33 bits per heavy atom. The summed E-state index contributed by atoms with van der Waals surface area (Å²) in [5, 5.41) is 2.07. The summed E-state index contributed by atoms with van der Waals surface area (Å²) in [6.45, 7) is 0. The Balaban J connectivity index is 2.06. The molecule has 2 rings (SSSR count). The van der Waals surface area contributed by atoms with Crippen molar-refractivity contribution in [2.45, 2.75) is 12.5 Å². The van der Waals surface area contributed by atoms with Gasteiger partial charge in [-0.1, -0.05) is 0 Å². The van der Waals surface area contributed by atoms with Gasteiger partial charge in [0, 0.05) is 32.1 Å². The van der Waals surface area contributed by atoms with Gasteiger partial charge in [0.2, 0.25) is 0 Å². The first-order chi connectivity index (χ1) is 7.15. The van der Waals surface area contributed by atoms with Crippen LogP contribution < -0.4 is 5.73 Å². The fourth-order valence-electron chi connectivity index (χ4n) is 1.30. The van der Waals surface area contributed by atoms with Crippen molar-refractivity contribution in [2.24, 2.45) is 5.73 Å². The second-order valence-corrected chi connectivity index (χ2v) is 7.59. The van der Waals surface area contributed by atoms with Crippen LogP contribution in [0.5, 0.6) is 0 Å². The topological polar surface area (TPSA) is 26.0 Å². The molecule has 0 aromatic carbocycles. The van der Waals surface area contributed by atoms with Gasteiger partial charge in [0.1, 0.15) is 0 Å². The van der Waals surface area contributed by atoms with Crippen molar-refractivity contribution in [1.82, 2.24) is 0 Å². The fraction of sp³-hybridized carbons (Fsp3) is 0.200. The molecule has 80 valence electrons. The van der Waals surface area contributed by atoms with Crippen LogP contribution in [0.15, 0.2) is 31.8 Å². The van der Waals surface area contributed by atoms with Crippen LogP contribution in [0.4, 0.5) is 0 Å². The zero-order chi connectivity index (χ0) is 10.8. The quantitative estimate of drug-likeness (QED) is 0.845. The van der Waals surface area contributed by atoms with Crippen LogP contribution in [0.3, 0.4) is 0 Å². The van der Waals surface area contributed by atoms with E-state index in [0.29, 0.717) is 0 Å². The van der Waals surface area contributed by atoms with Gasteiger partial charge >= 0.3 is 0 Å².